The molecule has 34 heavy (non-hydrogen) atoms. The third-order valence-corrected chi connectivity index (χ3v) is 6.08. The Morgan fingerprint density at radius 3 is 2.32 bits per heavy atom. The summed E-state index contributed by atoms with van der Waals surface area (Å²) in [7, 11) is -2.32. The average Bonchev–Trinajstić information content (AvgIpc) is 2.70. The Balaban J connectivity index is 2.63. The number of hydrogen-bond acceptors (Lipinski definition) is 7. The molecular weight excluding hydrogens is 465 g/mol. The number of rotatable bonds is 11. The van der Waals surface area contributed by atoms with Gasteiger partial charge in [0.05, 0.1) is 36.3 Å². The van der Waals surface area contributed by atoms with E-state index < -0.39 is 40.4 Å². The summed E-state index contributed by atoms with van der Waals surface area (Å²) in [5, 5.41) is 28.9. The van der Waals surface area contributed by atoms with Gasteiger partial charge in [0, 0.05) is 24.6 Å². The topological polar surface area (TPSA) is 141 Å². The smallest absolute Gasteiger partial charge is 0.305 e. The molecule has 0 bridgehead atoms. The Bertz CT molecular complexity index is 1140. The molecule has 1 aromatic heterocycles. The number of carboxylic acid groups (broad SMARTS) is 1. The predicted octanol–water partition coefficient (Wildman–Crippen LogP) is 2.48. The van der Waals surface area contributed by atoms with Crippen LogP contribution in [0.15, 0.2) is 30.3 Å². The molecule has 0 unspecified atom stereocenters. The largest absolute Gasteiger partial charge is 0.481 e. The second-order valence-electron chi connectivity index (χ2n) is 8.48. The van der Waals surface area contributed by atoms with Crippen molar-refractivity contribution in [3.05, 3.63) is 47.4 Å². The molecule has 0 fully saturated rings. The Kier molecular flexibility index (Phi) is 9.25. The SMILES string of the molecule is CC(C)Cc1nc(N(C)S(C)(=O)=O)nc(-c2ccc(F)cc2)c1/C=C/[C@@H](O)C[C@H](O)CC(=O)O. The summed E-state index contributed by atoms with van der Waals surface area (Å²) in [5.74, 6) is -1.54. The van der Waals surface area contributed by atoms with Crippen molar-refractivity contribution in [1.82, 2.24) is 9.97 Å². The molecule has 9 nitrogen and oxygen atoms in total. The number of carboxylic acids is 1. The number of hydrogen-bond donors (Lipinski definition) is 3. The molecule has 0 aliphatic carbocycles. The molecule has 0 amide bonds. The first-order chi connectivity index (χ1) is 15.8. The summed E-state index contributed by atoms with van der Waals surface area (Å²) >= 11 is 0. The predicted molar refractivity (Wildman–Crippen MR) is 127 cm³/mol. The molecular formula is C23H30FN3O6S. The second-order valence-corrected chi connectivity index (χ2v) is 10.5. The van der Waals surface area contributed by atoms with Gasteiger partial charge in [-0.2, -0.15) is 0 Å². The molecule has 11 heteroatoms. The number of anilines is 1. The maximum absolute atomic E-state index is 13.6. The number of benzene rings is 1. The van der Waals surface area contributed by atoms with Gasteiger partial charge in [-0.1, -0.05) is 26.0 Å². The third-order valence-electron chi connectivity index (χ3n) is 4.92. The fourth-order valence-corrected chi connectivity index (χ4v) is 3.57. The van der Waals surface area contributed by atoms with Gasteiger partial charge in [0.1, 0.15) is 5.82 Å². The Morgan fingerprint density at radius 2 is 1.79 bits per heavy atom. The lowest BCUT2D eigenvalue weighted by Crippen LogP contribution is -2.27. The van der Waals surface area contributed by atoms with Gasteiger partial charge >= 0.3 is 5.97 Å². The van der Waals surface area contributed by atoms with E-state index in [9.17, 15) is 27.8 Å². The van der Waals surface area contributed by atoms with E-state index in [0.717, 1.165) is 10.6 Å². The molecule has 0 aliphatic rings. The summed E-state index contributed by atoms with van der Waals surface area (Å²) in [6, 6.07) is 5.52. The average molecular weight is 496 g/mol. The van der Waals surface area contributed by atoms with Crippen LogP contribution >= 0.6 is 0 Å². The van der Waals surface area contributed by atoms with E-state index in [1.54, 1.807) is 6.08 Å². The normalized spacial score (nSPS) is 13.9. The van der Waals surface area contributed by atoms with Crippen LogP contribution in [0.2, 0.25) is 0 Å². The van der Waals surface area contributed by atoms with Crippen molar-refractivity contribution in [2.24, 2.45) is 5.92 Å². The molecule has 3 N–H and O–H groups in total. The van der Waals surface area contributed by atoms with Gasteiger partial charge in [0.25, 0.3) is 0 Å². The van der Waals surface area contributed by atoms with Gasteiger partial charge in [-0.05, 0) is 36.6 Å². The number of nitrogens with zero attached hydrogens (tertiary/aromatic N) is 3. The van der Waals surface area contributed by atoms with Crippen molar-refractivity contribution >= 4 is 28.0 Å². The van der Waals surface area contributed by atoms with Crippen LogP contribution < -0.4 is 4.31 Å². The Labute approximate surface area is 198 Å². The van der Waals surface area contributed by atoms with Crippen LogP contribution in [-0.4, -0.2) is 65.2 Å². The first kappa shape index (κ1) is 27.4. The number of carbonyl (C=O) groups is 1. The minimum Gasteiger partial charge on any atom is -0.481 e. The van der Waals surface area contributed by atoms with Crippen LogP contribution in [0.25, 0.3) is 17.3 Å². The first-order valence-corrected chi connectivity index (χ1v) is 12.5. The number of aliphatic hydroxyl groups excluding tert-OH is 2. The molecule has 2 rings (SSSR count). The molecule has 1 heterocycles. The molecule has 0 saturated heterocycles. The van der Waals surface area contributed by atoms with Crippen molar-refractivity contribution in [2.45, 2.75) is 45.3 Å². The maximum atomic E-state index is 13.6. The number of sulfonamides is 1. The quantitative estimate of drug-likeness (QED) is 0.432. The zero-order chi connectivity index (χ0) is 25.6. The summed E-state index contributed by atoms with van der Waals surface area (Å²) < 4.78 is 38.7. The van der Waals surface area contributed by atoms with E-state index in [1.807, 2.05) is 13.8 Å². The van der Waals surface area contributed by atoms with Gasteiger partial charge in [-0.15, -0.1) is 0 Å². The van der Waals surface area contributed by atoms with Gasteiger partial charge in [-0.25, -0.2) is 27.1 Å². The lowest BCUT2D eigenvalue weighted by molar-refractivity contribution is -0.139. The molecule has 0 saturated carbocycles. The fraction of sp³-hybridized carbons (Fsp3) is 0.435. The van der Waals surface area contributed by atoms with Crippen LogP contribution in [0.1, 0.15) is 37.9 Å². The van der Waals surface area contributed by atoms with Crippen LogP contribution in [0.3, 0.4) is 0 Å². The third kappa shape index (κ3) is 7.86. The lowest BCUT2D eigenvalue weighted by atomic mass is 9.97. The standard InChI is InChI=1S/C23H30FN3O6S/c1-14(2)11-20-19(10-9-17(28)12-18(29)13-21(30)31)22(15-5-7-16(24)8-6-15)26-23(25-20)27(3)34(4,32)33/h5-10,14,17-18,28-29H,11-13H2,1-4H3,(H,30,31)/b10-9+/t17-,18+/m1/s1. The highest BCUT2D eigenvalue weighted by Gasteiger charge is 2.22. The van der Waals surface area contributed by atoms with Crippen molar-refractivity contribution < 1.29 is 32.9 Å². The van der Waals surface area contributed by atoms with Gasteiger partial charge < -0.3 is 15.3 Å². The molecule has 1 aromatic carbocycles. The van der Waals surface area contributed by atoms with Gasteiger partial charge in [0.2, 0.25) is 16.0 Å². The highest BCUT2D eigenvalue weighted by molar-refractivity contribution is 7.92. The Hall–Kier alpha value is -2.89. The zero-order valence-corrected chi connectivity index (χ0v) is 20.3. The van der Waals surface area contributed by atoms with E-state index >= 15 is 0 Å². The van der Waals surface area contributed by atoms with E-state index in [2.05, 4.69) is 9.97 Å². The molecule has 2 atom stereocenters. The number of halogens is 1. The van der Waals surface area contributed by atoms with Crippen LogP contribution in [0, 0.1) is 11.7 Å². The minimum absolute atomic E-state index is 0.0490. The number of aromatic nitrogens is 2. The minimum atomic E-state index is -3.65. The first-order valence-electron chi connectivity index (χ1n) is 10.6. The van der Waals surface area contributed by atoms with Gasteiger partial charge in [-0.3, -0.25) is 4.79 Å². The van der Waals surface area contributed by atoms with E-state index in [0.29, 0.717) is 28.9 Å². The summed E-state index contributed by atoms with van der Waals surface area (Å²) in [6.45, 7) is 3.93. The fourth-order valence-electron chi connectivity index (χ4n) is 3.19. The molecule has 186 valence electrons. The van der Waals surface area contributed by atoms with Crippen LogP contribution in [-0.2, 0) is 21.2 Å². The molecule has 0 radical (unpaired) electrons. The molecule has 2 aromatic rings. The van der Waals surface area contributed by atoms with Crippen molar-refractivity contribution in [3.63, 3.8) is 0 Å². The van der Waals surface area contributed by atoms with E-state index in [-0.39, 0.29) is 18.3 Å². The van der Waals surface area contributed by atoms with Crippen molar-refractivity contribution in [2.75, 3.05) is 17.6 Å². The summed E-state index contributed by atoms with van der Waals surface area (Å²) in [6.07, 6.45) is 1.36. The number of aliphatic carboxylic acids is 1. The number of aliphatic hydroxyl groups is 2. The maximum Gasteiger partial charge on any atom is 0.305 e. The molecule has 0 aliphatic heterocycles. The summed E-state index contributed by atoms with van der Waals surface area (Å²) in [5.41, 5.74) is 1.87. The second kappa shape index (κ2) is 11.5. The van der Waals surface area contributed by atoms with Crippen LogP contribution in [0.5, 0.6) is 0 Å². The highest BCUT2D eigenvalue weighted by Crippen LogP contribution is 2.29. The highest BCUT2D eigenvalue weighted by atomic mass is 32.2. The van der Waals surface area contributed by atoms with Gasteiger partial charge in [0.15, 0.2) is 0 Å². The van der Waals surface area contributed by atoms with Crippen LogP contribution in [0.4, 0.5) is 10.3 Å². The van der Waals surface area contributed by atoms with Crippen molar-refractivity contribution in [1.29, 1.82) is 0 Å². The lowest BCUT2D eigenvalue weighted by Gasteiger charge is -2.20. The zero-order valence-electron chi connectivity index (χ0n) is 19.5. The summed E-state index contributed by atoms with van der Waals surface area (Å²) in [4.78, 5) is 19.7. The molecule has 0 spiro atoms. The van der Waals surface area contributed by atoms with E-state index in [4.69, 9.17) is 5.11 Å². The Morgan fingerprint density at radius 1 is 1.18 bits per heavy atom. The van der Waals surface area contributed by atoms with E-state index in [1.165, 1.54) is 37.4 Å². The van der Waals surface area contributed by atoms with Crippen molar-refractivity contribution in [3.8, 4) is 11.3 Å². The monoisotopic (exact) mass is 495 g/mol.